The Bertz CT molecular complexity index is 1320. The number of rotatable bonds is 10. The standard InChI is InChI=1S/C28H33N5O5S/c1-3-38-20-14-12-17(13-15-20)24(27(35)31-18-8-5-4-6-9-18)33(19-10-7-11-21(16-19)37-2)28(36)25-22(29)23(26(30)34)32-39-25/h7,10-16,18,24H,3-6,8-9,29H2,1-2H3,(H2,30,34)(H,31,35)/t24-/m0/s1. The zero-order valence-corrected chi connectivity index (χ0v) is 22.8. The summed E-state index contributed by atoms with van der Waals surface area (Å²) in [6, 6.07) is 12.8. The number of hydrogen-bond donors (Lipinski definition) is 3. The number of carbonyl (C=O) groups is 3. The van der Waals surface area contributed by atoms with Crippen molar-refractivity contribution in [3.8, 4) is 11.5 Å². The molecule has 3 amide bonds. The number of nitrogen functional groups attached to an aromatic ring is 1. The van der Waals surface area contributed by atoms with Gasteiger partial charge in [0.15, 0.2) is 5.69 Å². The monoisotopic (exact) mass is 551 g/mol. The molecule has 4 rings (SSSR count). The summed E-state index contributed by atoms with van der Waals surface area (Å²) in [6.45, 7) is 2.38. The summed E-state index contributed by atoms with van der Waals surface area (Å²) >= 11 is 0.765. The van der Waals surface area contributed by atoms with Crippen LogP contribution in [0.1, 0.15) is 70.8 Å². The smallest absolute Gasteiger partial charge is 0.273 e. The van der Waals surface area contributed by atoms with Crippen molar-refractivity contribution in [2.45, 2.75) is 51.1 Å². The van der Waals surface area contributed by atoms with E-state index < -0.39 is 17.9 Å². The number of methoxy groups -OCH3 is 1. The minimum atomic E-state index is -1.07. The molecule has 5 N–H and O–H groups in total. The lowest BCUT2D eigenvalue weighted by molar-refractivity contribution is -0.123. The Morgan fingerprint density at radius 2 is 1.82 bits per heavy atom. The number of primary amides is 1. The van der Waals surface area contributed by atoms with Gasteiger partial charge < -0.3 is 26.3 Å². The van der Waals surface area contributed by atoms with E-state index in [0.29, 0.717) is 29.4 Å². The normalized spacial score (nSPS) is 14.3. The van der Waals surface area contributed by atoms with E-state index in [-0.39, 0.29) is 28.2 Å². The second-order valence-electron chi connectivity index (χ2n) is 9.26. The maximum absolute atomic E-state index is 14.2. The van der Waals surface area contributed by atoms with Gasteiger partial charge in [-0.3, -0.25) is 19.3 Å². The fourth-order valence-electron chi connectivity index (χ4n) is 4.74. The third-order valence-corrected chi connectivity index (χ3v) is 7.52. The predicted molar refractivity (Wildman–Crippen MR) is 150 cm³/mol. The number of anilines is 2. The SMILES string of the molecule is CCOc1ccc([C@@H](C(=O)NC2CCCCC2)N(C(=O)c2snc(C(N)=O)c2N)c2cccc(OC)c2)cc1. The number of benzene rings is 2. The van der Waals surface area contributed by atoms with Crippen molar-refractivity contribution in [3.63, 3.8) is 0 Å². The number of nitrogens with zero attached hydrogens (tertiary/aromatic N) is 2. The highest BCUT2D eigenvalue weighted by molar-refractivity contribution is 7.09. The predicted octanol–water partition coefficient (Wildman–Crippen LogP) is 4.07. The Labute approximate surface area is 231 Å². The van der Waals surface area contributed by atoms with E-state index in [1.807, 2.05) is 6.92 Å². The summed E-state index contributed by atoms with van der Waals surface area (Å²) < 4.78 is 15.0. The van der Waals surface area contributed by atoms with Crippen LogP contribution in [-0.4, -0.2) is 41.9 Å². The van der Waals surface area contributed by atoms with Gasteiger partial charge in [-0.05, 0) is 61.1 Å². The Kier molecular flexibility index (Phi) is 9.03. The molecule has 0 spiro atoms. The molecule has 11 heteroatoms. The molecule has 39 heavy (non-hydrogen) atoms. The molecule has 1 saturated carbocycles. The van der Waals surface area contributed by atoms with E-state index in [9.17, 15) is 14.4 Å². The van der Waals surface area contributed by atoms with Crippen LogP contribution in [0.5, 0.6) is 11.5 Å². The average Bonchev–Trinajstić information content (AvgIpc) is 3.34. The van der Waals surface area contributed by atoms with Crippen molar-refractivity contribution in [2.24, 2.45) is 5.73 Å². The van der Waals surface area contributed by atoms with Gasteiger partial charge in [0.05, 0.1) is 19.4 Å². The van der Waals surface area contributed by atoms with E-state index in [1.54, 1.807) is 48.5 Å². The largest absolute Gasteiger partial charge is 0.497 e. The minimum Gasteiger partial charge on any atom is -0.497 e. The molecule has 10 nitrogen and oxygen atoms in total. The average molecular weight is 552 g/mol. The van der Waals surface area contributed by atoms with Crippen LogP contribution >= 0.6 is 11.5 Å². The number of aromatic nitrogens is 1. The Hall–Kier alpha value is -4.12. The number of nitrogens with one attached hydrogen (secondary N) is 1. The van der Waals surface area contributed by atoms with Gasteiger partial charge in [0.1, 0.15) is 22.4 Å². The Morgan fingerprint density at radius 3 is 2.44 bits per heavy atom. The molecule has 1 aromatic heterocycles. The van der Waals surface area contributed by atoms with Crippen LogP contribution in [0, 0.1) is 0 Å². The number of hydrogen-bond acceptors (Lipinski definition) is 8. The highest BCUT2D eigenvalue weighted by Crippen LogP contribution is 2.35. The van der Waals surface area contributed by atoms with Crippen LogP contribution in [0.15, 0.2) is 48.5 Å². The van der Waals surface area contributed by atoms with Gasteiger partial charge in [-0.1, -0.05) is 37.5 Å². The lowest BCUT2D eigenvalue weighted by atomic mass is 9.94. The third-order valence-electron chi connectivity index (χ3n) is 6.67. The molecule has 1 aliphatic rings. The van der Waals surface area contributed by atoms with Gasteiger partial charge >= 0.3 is 0 Å². The van der Waals surface area contributed by atoms with Crippen molar-refractivity contribution in [3.05, 3.63) is 64.7 Å². The topological polar surface area (TPSA) is 150 Å². The van der Waals surface area contributed by atoms with Crippen LogP contribution in [0.25, 0.3) is 0 Å². The van der Waals surface area contributed by atoms with E-state index in [1.165, 1.54) is 12.0 Å². The van der Waals surface area contributed by atoms with Crippen LogP contribution in [0.3, 0.4) is 0 Å². The first-order chi connectivity index (χ1) is 18.8. The molecule has 206 valence electrons. The molecular weight excluding hydrogens is 518 g/mol. The molecule has 1 heterocycles. The minimum absolute atomic E-state index is 0.00743. The molecule has 0 saturated heterocycles. The van der Waals surface area contributed by atoms with Crippen molar-refractivity contribution in [2.75, 3.05) is 24.4 Å². The summed E-state index contributed by atoms with van der Waals surface area (Å²) in [5.41, 5.74) is 12.2. The summed E-state index contributed by atoms with van der Waals surface area (Å²) in [5, 5.41) is 3.17. The van der Waals surface area contributed by atoms with Crippen LogP contribution in [0.2, 0.25) is 0 Å². The number of carbonyl (C=O) groups excluding carboxylic acids is 3. The highest BCUT2D eigenvalue weighted by Gasteiger charge is 2.37. The first-order valence-electron chi connectivity index (χ1n) is 12.9. The van der Waals surface area contributed by atoms with Gasteiger partial charge in [-0.25, -0.2) is 0 Å². The summed E-state index contributed by atoms with van der Waals surface area (Å²) in [4.78, 5) is 41.4. The maximum Gasteiger partial charge on any atom is 0.273 e. The van der Waals surface area contributed by atoms with Gasteiger partial charge in [0.2, 0.25) is 5.91 Å². The van der Waals surface area contributed by atoms with Crippen molar-refractivity contribution in [1.29, 1.82) is 0 Å². The van der Waals surface area contributed by atoms with Crippen molar-refractivity contribution in [1.82, 2.24) is 9.69 Å². The molecule has 0 aliphatic heterocycles. The van der Waals surface area contributed by atoms with Crippen LogP contribution in [0.4, 0.5) is 11.4 Å². The first kappa shape index (κ1) is 27.9. The van der Waals surface area contributed by atoms with E-state index >= 15 is 0 Å². The zero-order valence-electron chi connectivity index (χ0n) is 22.0. The first-order valence-corrected chi connectivity index (χ1v) is 13.7. The molecular formula is C28H33N5O5S. The molecule has 0 bridgehead atoms. The second kappa shape index (κ2) is 12.6. The van der Waals surface area contributed by atoms with Gasteiger partial charge in [0.25, 0.3) is 11.8 Å². The third kappa shape index (κ3) is 6.31. The van der Waals surface area contributed by atoms with E-state index in [4.69, 9.17) is 20.9 Å². The molecule has 1 atom stereocenters. The molecule has 0 radical (unpaired) electrons. The fraction of sp³-hybridized carbons (Fsp3) is 0.357. The van der Waals surface area contributed by atoms with E-state index in [2.05, 4.69) is 9.69 Å². The van der Waals surface area contributed by atoms with Crippen LogP contribution in [-0.2, 0) is 4.79 Å². The zero-order chi connectivity index (χ0) is 27.9. The van der Waals surface area contributed by atoms with Gasteiger partial charge in [0, 0.05) is 17.8 Å². The second-order valence-corrected chi connectivity index (χ2v) is 10.0. The quantitative estimate of drug-likeness (QED) is 0.344. The van der Waals surface area contributed by atoms with Crippen molar-refractivity contribution >= 4 is 40.6 Å². The fourth-order valence-corrected chi connectivity index (χ4v) is 5.48. The highest BCUT2D eigenvalue weighted by atomic mass is 32.1. The molecule has 1 aliphatic carbocycles. The van der Waals surface area contributed by atoms with Gasteiger partial charge in [-0.2, -0.15) is 4.37 Å². The molecule has 3 aromatic rings. The lowest BCUT2D eigenvalue weighted by Crippen LogP contribution is -2.47. The van der Waals surface area contributed by atoms with Crippen LogP contribution < -0.4 is 31.2 Å². The number of amides is 3. The summed E-state index contributed by atoms with van der Waals surface area (Å²) in [6.07, 6.45) is 4.95. The molecule has 2 aromatic carbocycles. The molecule has 1 fully saturated rings. The maximum atomic E-state index is 14.2. The molecule has 0 unspecified atom stereocenters. The van der Waals surface area contributed by atoms with E-state index in [0.717, 1.165) is 43.6 Å². The Morgan fingerprint density at radius 1 is 1.10 bits per heavy atom. The van der Waals surface area contributed by atoms with Crippen molar-refractivity contribution < 1.29 is 23.9 Å². The van der Waals surface area contributed by atoms with Gasteiger partial charge in [-0.15, -0.1) is 0 Å². The number of nitrogens with two attached hydrogens (primary N) is 2. The Balaban J connectivity index is 1.85. The summed E-state index contributed by atoms with van der Waals surface area (Å²) in [7, 11) is 1.52. The lowest BCUT2D eigenvalue weighted by Gasteiger charge is -2.33. The summed E-state index contributed by atoms with van der Waals surface area (Å²) in [5.74, 6) is -0.624. The number of ether oxygens (including phenoxy) is 2.